The smallest absolute Gasteiger partial charge is 0.255 e. The number of carbonyl (C=O) groups excluding carboxylic acids is 1. The summed E-state index contributed by atoms with van der Waals surface area (Å²) in [7, 11) is 1.59. The monoisotopic (exact) mass is 667 g/mol. The number of ether oxygens (including phenoxy) is 2. The van der Waals surface area contributed by atoms with Gasteiger partial charge < -0.3 is 20.1 Å². The first-order valence-corrected chi connectivity index (χ1v) is 15.6. The fourth-order valence-corrected chi connectivity index (χ4v) is 6.16. The van der Waals surface area contributed by atoms with E-state index in [-0.39, 0.29) is 12.5 Å². The van der Waals surface area contributed by atoms with Crippen molar-refractivity contribution in [2.45, 2.75) is 45.0 Å². The quantitative estimate of drug-likeness (QED) is 0.166. The Labute approximate surface area is 263 Å². The van der Waals surface area contributed by atoms with E-state index in [4.69, 9.17) is 31.2 Å². The molecule has 2 heterocycles. The summed E-state index contributed by atoms with van der Waals surface area (Å²) in [5.41, 5.74) is 4.59. The van der Waals surface area contributed by atoms with Crippen molar-refractivity contribution in [2.24, 2.45) is 0 Å². The standard InChI is InChI=1S/C31H31BrClN5O3S/c1-5-13-42-31-36-30-34-19(3)26(29(39)35-22-11-8-9-18(2)14-22)27(38(30)37-31)21-15-23(32)28(25(16-21)40-4)41-17-20-10-6-7-12-24(20)33/h6-12,14-16,27H,5,13,17H2,1-4H3,(H,35,39)(H,34,36,37). The average molecular weight is 669 g/mol. The fraction of sp³-hybridized carbons (Fsp3) is 0.258. The Morgan fingerprint density at radius 1 is 1.17 bits per heavy atom. The topological polar surface area (TPSA) is 90.3 Å². The summed E-state index contributed by atoms with van der Waals surface area (Å²) in [5.74, 6) is 2.24. The summed E-state index contributed by atoms with van der Waals surface area (Å²) in [6.45, 7) is 6.24. The van der Waals surface area contributed by atoms with E-state index in [1.54, 1.807) is 23.6 Å². The Morgan fingerprint density at radius 2 is 1.98 bits per heavy atom. The van der Waals surface area contributed by atoms with Crippen molar-refractivity contribution < 1.29 is 14.3 Å². The predicted octanol–water partition coefficient (Wildman–Crippen LogP) is 8.02. The zero-order valence-electron chi connectivity index (χ0n) is 23.7. The van der Waals surface area contributed by atoms with Crippen molar-refractivity contribution in [2.75, 3.05) is 23.5 Å². The van der Waals surface area contributed by atoms with Crippen LogP contribution in [0.5, 0.6) is 11.5 Å². The molecule has 3 aromatic carbocycles. The number of hydrogen-bond donors (Lipinski definition) is 2. The van der Waals surface area contributed by atoms with Crippen LogP contribution in [0.3, 0.4) is 0 Å². The first-order chi connectivity index (χ1) is 20.3. The van der Waals surface area contributed by atoms with E-state index in [1.165, 1.54) is 0 Å². The van der Waals surface area contributed by atoms with Crippen LogP contribution in [0.4, 0.5) is 11.6 Å². The van der Waals surface area contributed by atoms with Gasteiger partial charge in [-0.25, -0.2) is 4.68 Å². The van der Waals surface area contributed by atoms with Crippen molar-refractivity contribution in [3.63, 3.8) is 0 Å². The molecule has 0 saturated heterocycles. The van der Waals surface area contributed by atoms with E-state index in [0.717, 1.165) is 28.9 Å². The molecule has 0 bridgehead atoms. The number of aryl methyl sites for hydroxylation is 1. The van der Waals surface area contributed by atoms with Crippen LogP contribution in [0.25, 0.3) is 0 Å². The minimum absolute atomic E-state index is 0.242. The molecule has 0 saturated carbocycles. The van der Waals surface area contributed by atoms with Crippen molar-refractivity contribution in [1.82, 2.24) is 14.8 Å². The Morgan fingerprint density at radius 3 is 2.71 bits per heavy atom. The van der Waals surface area contributed by atoms with Crippen LogP contribution in [-0.4, -0.2) is 33.5 Å². The van der Waals surface area contributed by atoms with E-state index < -0.39 is 6.04 Å². The fourth-order valence-electron chi connectivity index (χ4n) is 4.71. The van der Waals surface area contributed by atoms with Crippen LogP contribution in [0.15, 0.2) is 81.6 Å². The summed E-state index contributed by atoms with van der Waals surface area (Å²) < 4.78 is 14.4. The normalized spacial score (nSPS) is 14.3. The molecule has 1 amide bonds. The van der Waals surface area contributed by atoms with E-state index in [2.05, 4.69) is 33.5 Å². The largest absolute Gasteiger partial charge is 0.493 e. The summed E-state index contributed by atoms with van der Waals surface area (Å²) in [6, 6.07) is 18.5. The molecule has 218 valence electrons. The molecule has 1 atom stereocenters. The number of nitrogens with zero attached hydrogens (tertiary/aromatic N) is 3. The number of halogens is 2. The van der Waals surface area contributed by atoms with E-state index in [0.29, 0.717) is 49.1 Å². The van der Waals surface area contributed by atoms with Crippen molar-refractivity contribution in [3.8, 4) is 11.5 Å². The number of thioether (sulfide) groups is 1. The zero-order chi connectivity index (χ0) is 29.8. The second-order valence-corrected chi connectivity index (χ2v) is 12.1. The highest BCUT2D eigenvalue weighted by Gasteiger charge is 2.35. The average Bonchev–Trinajstić information content (AvgIpc) is 3.37. The van der Waals surface area contributed by atoms with Gasteiger partial charge in [-0.2, -0.15) is 4.98 Å². The zero-order valence-corrected chi connectivity index (χ0v) is 26.9. The maximum atomic E-state index is 13.9. The van der Waals surface area contributed by atoms with Crippen LogP contribution >= 0.6 is 39.3 Å². The number of allylic oxidation sites excluding steroid dienone is 1. The molecule has 0 spiro atoms. The van der Waals surface area contributed by atoms with Gasteiger partial charge in [-0.05, 0) is 77.7 Å². The number of rotatable bonds is 10. The highest BCUT2D eigenvalue weighted by molar-refractivity contribution is 9.10. The number of methoxy groups -OCH3 is 1. The van der Waals surface area contributed by atoms with Gasteiger partial charge in [0, 0.05) is 27.7 Å². The minimum atomic E-state index is -0.586. The number of fused-ring (bicyclic) bond motifs is 1. The number of amides is 1. The van der Waals surface area contributed by atoms with E-state index in [9.17, 15) is 4.79 Å². The lowest BCUT2D eigenvalue weighted by Gasteiger charge is -2.29. The van der Waals surface area contributed by atoms with E-state index in [1.807, 2.05) is 74.5 Å². The molecule has 11 heteroatoms. The molecule has 0 aliphatic carbocycles. The van der Waals surface area contributed by atoms with Gasteiger partial charge in [-0.3, -0.25) is 4.79 Å². The number of hydrogen-bond acceptors (Lipinski definition) is 7. The second-order valence-electron chi connectivity index (χ2n) is 9.82. The molecule has 1 aliphatic heterocycles. The Balaban J connectivity index is 1.56. The van der Waals surface area contributed by atoms with Crippen LogP contribution in [-0.2, 0) is 11.4 Å². The van der Waals surface area contributed by atoms with Gasteiger partial charge in [0.25, 0.3) is 5.91 Å². The highest BCUT2D eigenvalue weighted by Crippen LogP contribution is 2.43. The van der Waals surface area contributed by atoms with Gasteiger partial charge in [0.2, 0.25) is 11.1 Å². The van der Waals surface area contributed by atoms with Gasteiger partial charge in [-0.15, -0.1) is 5.10 Å². The molecular weight excluding hydrogens is 638 g/mol. The molecule has 2 N–H and O–H groups in total. The summed E-state index contributed by atoms with van der Waals surface area (Å²) >= 11 is 11.6. The van der Waals surface area contributed by atoms with E-state index >= 15 is 0 Å². The van der Waals surface area contributed by atoms with Gasteiger partial charge >= 0.3 is 0 Å². The van der Waals surface area contributed by atoms with Crippen molar-refractivity contribution in [1.29, 1.82) is 0 Å². The summed E-state index contributed by atoms with van der Waals surface area (Å²) in [6.07, 6.45) is 0.993. The maximum absolute atomic E-state index is 13.9. The number of nitrogens with one attached hydrogen (secondary N) is 2. The Bertz CT molecular complexity index is 1660. The molecule has 5 rings (SSSR count). The van der Waals surface area contributed by atoms with Gasteiger partial charge in [0.05, 0.1) is 17.2 Å². The molecular formula is C31H31BrClN5O3S. The number of carbonyl (C=O) groups is 1. The second kappa shape index (κ2) is 13.2. The van der Waals surface area contributed by atoms with Crippen LogP contribution in [0.2, 0.25) is 5.02 Å². The molecule has 1 aliphatic rings. The van der Waals surface area contributed by atoms with Crippen LogP contribution < -0.4 is 20.1 Å². The van der Waals surface area contributed by atoms with Crippen molar-refractivity contribution >= 4 is 56.8 Å². The number of aromatic nitrogens is 3. The Kier molecular flexibility index (Phi) is 9.45. The molecule has 1 aromatic heterocycles. The molecule has 0 fully saturated rings. The molecule has 42 heavy (non-hydrogen) atoms. The third-order valence-corrected chi connectivity index (χ3v) is 8.69. The van der Waals surface area contributed by atoms with Gasteiger partial charge in [-0.1, -0.05) is 60.6 Å². The lowest BCUT2D eigenvalue weighted by atomic mass is 9.94. The molecule has 0 radical (unpaired) electrons. The van der Waals surface area contributed by atoms with Gasteiger partial charge in [0.1, 0.15) is 12.6 Å². The number of anilines is 2. The SMILES string of the molecule is CCCSc1nc2n(n1)C(c1cc(Br)c(OCc3ccccc3Cl)c(OC)c1)C(C(=O)Nc1cccc(C)c1)=C(C)N2. The predicted molar refractivity (Wildman–Crippen MR) is 172 cm³/mol. The lowest BCUT2D eigenvalue weighted by molar-refractivity contribution is -0.113. The first kappa shape index (κ1) is 30.0. The van der Waals surface area contributed by atoms with Crippen molar-refractivity contribution in [3.05, 3.63) is 98.1 Å². The molecule has 4 aromatic rings. The highest BCUT2D eigenvalue weighted by atomic mass is 79.9. The molecule has 8 nitrogen and oxygen atoms in total. The lowest BCUT2D eigenvalue weighted by Crippen LogP contribution is -2.31. The first-order valence-electron chi connectivity index (χ1n) is 13.5. The molecule has 1 unspecified atom stereocenters. The minimum Gasteiger partial charge on any atom is -0.493 e. The summed E-state index contributed by atoms with van der Waals surface area (Å²) in [4.78, 5) is 18.6. The number of benzene rings is 3. The summed E-state index contributed by atoms with van der Waals surface area (Å²) in [5, 5.41) is 12.5. The third-order valence-electron chi connectivity index (χ3n) is 6.69. The van der Waals surface area contributed by atoms with Crippen LogP contribution in [0.1, 0.15) is 43.0 Å². The Hall–Kier alpha value is -3.47. The third kappa shape index (κ3) is 6.45. The van der Waals surface area contributed by atoms with Crippen LogP contribution in [0, 0.1) is 6.92 Å². The maximum Gasteiger partial charge on any atom is 0.255 e. The van der Waals surface area contributed by atoms with Gasteiger partial charge in [0.15, 0.2) is 11.5 Å².